The second-order valence-corrected chi connectivity index (χ2v) is 6.69. The van der Waals surface area contributed by atoms with E-state index in [1.54, 1.807) is 6.07 Å². The minimum atomic E-state index is -3.00. The van der Waals surface area contributed by atoms with Crippen molar-refractivity contribution in [1.82, 2.24) is 4.31 Å². The van der Waals surface area contributed by atoms with Gasteiger partial charge in [-0.25, -0.2) is 8.42 Å². The first-order chi connectivity index (χ1) is 6.59. The van der Waals surface area contributed by atoms with E-state index >= 15 is 0 Å². The molecule has 0 bridgehead atoms. The third-order valence-electron chi connectivity index (χ3n) is 2.21. The van der Waals surface area contributed by atoms with E-state index in [0.29, 0.717) is 18.1 Å². The first-order valence-corrected chi connectivity index (χ1v) is 7.16. The summed E-state index contributed by atoms with van der Waals surface area (Å²) in [7, 11) is -3.00. The van der Waals surface area contributed by atoms with Gasteiger partial charge in [0.05, 0.1) is 10.8 Å². The van der Waals surface area contributed by atoms with Crippen LogP contribution in [0.15, 0.2) is 11.4 Å². The lowest BCUT2D eigenvalue weighted by Gasteiger charge is -2.12. The van der Waals surface area contributed by atoms with E-state index in [1.165, 1.54) is 15.6 Å². The molecule has 2 rings (SSSR count). The van der Waals surface area contributed by atoms with E-state index in [-0.39, 0.29) is 5.75 Å². The molecule has 0 aliphatic carbocycles. The molecule has 0 radical (unpaired) electrons. The van der Waals surface area contributed by atoms with E-state index in [2.05, 4.69) is 0 Å². The summed E-state index contributed by atoms with van der Waals surface area (Å²) in [5.41, 5.74) is 0. The number of rotatable bonds is 2. The van der Waals surface area contributed by atoms with Gasteiger partial charge in [0.2, 0.25) is 10.0 Å². The van der Waals surface area contributed by atoms with Gasteiger partial charge in [0.15, 0.2) is 0 Å². The van der Waals surface area contributed by atoms with Crippen LogP contribution in [-0.4, -0.2) is 25.0 Å². The lowest BCUT2D eigenvalue weighted by atomic mass is 10.4. The van der Waals surface area contributed by atoms with Crippen molar-refractivity contribution < 1.29 is 8.42 Å². The standard InChI is InChI=1S/C8H10ClNO2S2/c9-7-2-4-13-8(7)6-10-3-1-5-14(10,11)12/h2,4H,1,3,5-6H2. The third kappa shape index (κ3) is 1.95. The predicted molar refractivity (Wildman–Crippen MR) is 58.1 cm³/mol. The predicted octanol–water partition coefficient (Wildman–Crippen LogP) is 1.94. The van der Waals surface area contributed by atoms with Crippen molar-refractivity contribution in [3.63, 3.8) is 0 Å². The molecule has 1 aromatic rings. The molecule has 0 amide bonds. The van der Waals surface area contributed by atoms with Gasteiger partial charge in [-0.05, 0) is 17.9 Å². The van der Waals surface area contributed by atoms with Crippen molar-refractivity contribution in [3.05, 3.63) is 21.3 Å². The maximum Gasteiger partial charge on any atom is 0.214 e. The highest BCUT2D eigenvalue weighted by atomic mass is 35.5. The molecule has 3 nitrogen and oxygen atoms in total. The van der Waals surface area contributed by atoms with Crippen molar-refractivity contribution in [3.8, 4) is 0 Å². The Morgan fingerprint density at radius 2 is 2.36 bits per heavy atom. The molecular weight excluding hydrogens is 242 g/mol. The Hall–Kier alpha value is -0.100. The van der Waals surface area contributed by atoms with E-state index in [0.717, 1.165) is 11.3 Å². The zero-order valence-corrected chi connectivity index (χ0v) is 9.83. The fourth-order valence-corrected chi connectivity index (χ4v) is 4.14. The van der Waals surface area contributed by atoms with Crippen LogP contribution >= 0.6 is 22.9 Å². The summed E-state index contributed by atoms with van der Waals surface area (Å²) in [6.07, 6.45) is 0.728. The lowest BCUT2D eigenvalue weighted by molar-refractivity contribution is 0.443. The maximum atomic E-state index is 11.5. The van der Waals surface area contributed by atoms with Gasteiger partial charge in [-0.1, -0.05) is 11.6 Å². The highest BCUT2D eigenvalue weighted by Gasteiger charge is 2.28. The lowest BCUT2D eigenvalue weighted by Crippen LogP contribution is -2.24. The van der Waals surface area contributed by atoms with Crippen molar-refractivity contribution in [2.24, 2.45) is 0 Å². The first-order valence-electron chi connectivity index (χ1n) is 4.29. The van der Waals surface area contributed by atoms with Crippen LogP contribution in [0.4, 0.5) is 0 Å². The summed E-state index contributed by atoms with van der Waals surface area (Å²) in [6, 6.07) is 1.80. The molecule has 6 heteroatoms. The van der Waals surface area contributed by atoms with Crippen molar-refractivity contribution >= 4 is 33.0 Å². The largest absolute Gasteiger partial charge is 0.214 e. The highest BCUT2D eigenvalue weighted by Crippen LogP contribution is 2.26. The highest BCUT2D eigenvalue weighted by molar-refractivity contribution is 7.89. The van der Waals surface area contributed by atoms with Gasteiger partial charge in [0, 0.05) is 18.0 Å². The van der Waals surface area contributed by atoms with E-state index < -0.39 is 10.0 Å². The molecule has 1 aliphatic rings. The Balaban J connectivity index is 2.16. The molecule has 0 saturated carbocycles. The summed E-state index contributed by atoms with van der Waals surface area (Å²) in [5, 5.41) is 2.54. The fourth-order valence-electron chi connectivity index (χ4n) is 1.47. The summed E-state index contributed by atoms with van der Waals surface area (Å²) < 4.78 is 24.5. The number of nitrogens with zero attached hydrogens (tertiary/aromatic N) is 1. The minimum Gasteiger partial charge on any atom is -0.212 e. The Morgan fingerprint density at radius 3 is 2.86 bits per heavy atom. The molecule has 0 atom stereocenters. The normalized spacial score (nSPS) is 21.5. The third-order valence-corrected chi connectivity index (χ3v) is 5.49. The van der Waals surface area contributed by atoms with Crippen molar-refractivity contribution in [2.75, 3.05) is 12.3 Å². The fraction of sp³-hybridized carbons (Fsp3) is 0.500. The van der Waals surface area contributed by atoms with Crippen molar-refractivity contribution in [2.45, 2.75) is 13.0 Å². The molecule has 1 fully saturated rings. The van der Waals surface area contributed by atoms with Gasteiger partial charge in [-0.2, -0.15) is 4.31 Å². The Kier molecular flexibility index (Phi) is 2.83. The van der Waals surface area contributed by atoms with Crippen LogP contribution in [0, 0.1) is 0 Å². The van der Waals surface area contributed by atoms with Gasteiger partial charge in [0.1, 0.15) is 0 Å². The topological polar surface area (TPSA) is 37.4 Å². The van der Waals surface area contributed by atoms with Crippen LogP contribution in [0.1, 0.15) is 11.3 Å². The van der Waals surface area contributed by atoms with Crippen LogP contribution in [0.3, 0.4) is 0 Å². The van der Waals surface area contributed by atoms with Crippen LogP contribution < -0.4 is 0 Å². The molecule has 14 heavy (non-hydrogen) atoms. The molecule has 1 aromatic heterocycles. The molecule has 0 unspecified atom stereocenters. The molecule has 0 N–H and O–H groups in total. The molecule has 1 aliphatic heterocycles. The number of hydrogen-bond donors (Lipinski definition) is 0. The van der Waals surface area contributed by atoms with Crippen LogP contribution in [0.25, 0.3) is 0 Å². The molecule has 0 aromatic carbocycles. The van der Waals surface area contributed by atoms with Crippen molar-refractivity contribution in [1.29, 1.82) is 0 Å². The second kappa shape index (κ2) is 3.81. The minimum absolute atomic E-state index is 0.274. The number of hydrogen-bond acceptors (Lipinski definition) is 3. The van der Waals surface area contributed by atoms with E-state index in [1.807, 2.05) is 5.38 Å². The summed E-state index contributed by atoms with van der Waals surface area (Å²) in [5.74, 6) is 0.274. The average molecular weight is 252 g/mol. The van der Waals surface area contributed by atoms with Crippen LogP contribution in [-0.2, 0) is 16.6 Å². The maximum absolute atomic E-state index is 11.5. The molecule has 1 saturated heterocycles. The van der Waals surface area contributed by atoms with Crippen LogP contribution in [0.5, 0.6) is 0 Å². The van der Waals surface area contributed by atoms with Crippen LogP contribution in [0.2, 0.25) is 5.02 Å². The molecule has 78 valence electrons. The van der Waals surface area contributed by atoms with E-state index in [9.17, 15) is 8.42 Å². The summed E-state index contributed by atoms with van der Waals surface area (Å²) in [6.45, 7) is 1.05. The van der Waals surface area contributed by atoms with Gasteiger partial charge in [-0.3, -0.25) is 0 Å². The van der Waals surface area contributed by atoms with Gasteiger partial charge in [-0.15, -0.1) is 11.3 Å². The zero-order valence-electron chi connectivity index (χ0n) is 7.44. The SMILES string of the molecule is O=S1(=O)CCCN1Cc1sccc1Cl. The van der Waals surface area contributed by atoms with Gasteiger partial charge in [0.25, 0.3) is 0 Å². The number of sulfonamides is 1. The van der Waals surface area contributed by atoms with Gasteiger partial charge < -0.3 is 0 Å². The average Bonchev–Trinajstić information content (AvgIpc) is 2.62. The second-order valence-electron chi connectivity index (χ2n) is 3.19. The smallest absolute Gasteiger partial charge is 0.212 e. The number of thiophene rings is 1. The quantitative estimate of drug-likeness (QED) is 0.806. The summed E-state index contributed by atoms with van der Waals surface area (Å²) >= 11 is 7.40. The molecule has 0 spiro atoms. The molecule has 2 heterocycles. The number of halogens is 1. The summed E-state index contributed by atoms with van der Waals surface area (Å²) in [4.78, 5) is 0.928. The van der Waals surface area contributed by atoms with E-state index in [4.69, 9.17) is 11.6 Å². The zero-order chi connectivity index (χ0) is 10.2. The first kappa shape index (κ1) is 10.4. The monoisotopic (exact) mass is 251 g/mol. The Bertz CT molecular complexity index is 426. The Morgan fingerprint density at radius 1 is 1.57 bits per heavy atom. The molecular formula is C8H10ClNO2S2. The van der Waals surface area contributed by atoms with Gasteiger partial charge >= 0.3 is 0 Å². The Labute approximate surface area is 92.3 Å².